The average molecular weight is 420 g/mol. The summed E-state index contributed by atoms with van der Waals surface area (Å²) in [5.41, 5.74) is 1.15. The first-order chi connectivity index (χ1) is 14.5. The fourth-order valence-corrected chi connectivity index (χ4v) is 4.31. The van der Waals surface area contributed by atoms with Crippen molar-refractivity contribution in [2.75, 3.05) is 59.5 Å². The molecule has 0 spiro atoms. The van der Waals surface area contributed by atoms with Crippen LogP contribution in [0.2, 0.25) is 0 Å². The summed E-state index contributed by atoms with van der Waals surface area (Å²) in [6.07, 6.45) is 4.19. The third-order valence-corrected chi connectivity index (χ3v) is 6.02. The zero-order chi connectivity index (χ0) is 21.3. The normalized spacial score (nSPS) is 19.9. The molecule has 0 radical (unpaired) electrons. The van der Waals surface area contributed by atoms with Gasteiger partial charge in [-0.15, -0.1) is 0 Å². The molecule has 2 heterocycles. The van der Waals surface area contributed by atoms with Crippen molar-refractivity contribution in [3.63, 3.8) is 0 Å². The van der Waals surface area contributed by atoms with Crippen molar-refractivity contribution in [3.05, 3.63) is 23.8 Å². The van der Waals surface area contributed by atoms with Gasteiger partial charge in [0.05, 0.1) is 7.11 Å². The van der Waals surface area contributed by atoms with Crippen LogP contribution in [0.1, 0.15) is 38.2 Å². The standard InChI is InChI=1S/C23H37N3O4/c1-19(27)26-12-6-11-25(13-14-26)16-20-7-8-22(29-2)23(15-20)30-18-21(28)17-24-9-4-3-5-10-24/h7-8,15,21,28H,3-6,9-14,16-18H2,1-2H3. The molecule has 0 aliphatic carbocycles. The molecule has 7 nitrogen and oxygen atoms in total. The van der Waals surface area contributed by atoms with E-state index in [1.165, 1.54) is 19.3 Å². The quantitative estimate of drug-likeness (QED) is 0.695. The topological polar surface area (TPSA) is 65.5 Å². The van der Waals surface area contributed by atoms with E-state index in [0.717, 1.165) is 57.8 Å². The van der Waals surface area contributed by atoms with E-state index in [0.29, 0.717) is 18.0 Å². The highest BCUT2D eigenvalue weighted by Crippen LogP contribution is 2.29. The maximum absolute atomic E-state index is 11.6. The van der Waals surface area contributed by atoms with Gasteiger partial charge in [-0.05, 0) is 50.0 Å². The lowest BCUT2D eigenvalue weighted by Crippen LogP contribution is -2.38. The Hall–Kier alpha value is -1.83. The van der Waals surface area contributed by atoms with Gasteiger partial charge in [-0.3, -0.25) is 9.69 Å². The van der Waals surface area contributed by atoms with E-state index in [4.69, 9.17) is 9.47 Å². The first-order valence-corrected chi connectivity index (χ1v) is 11.2. The lowest BCUT2D eigenvalue weighted by Gasteiger charge is -2.28. The summed E-state index contributed by atoms with van der Waals surface area (Å²) in [6.45, 7) is 8.94. The molecule has 1 aromatic rings. The number of ether oxygens (including phenoxy) is 2. The molecule has 168 valence electrons. The highest BCUT2D eigenvalue weighted by atomic mass is 16.5. The average Bonchev–Trinajstić information content (AvgIpc) is 2.99. The molecule has 30 heavy (non-hydrogen) atoms. The van der Waals surface area contributed by atoms with Crippen molar-refractivity contribution < 1.29 is 19.4 Å². The van der Waals surface area contributed by atoms with Crippen LogP contribution in [0.25, 0.3) is 0 Å². The number of piperidine rings is 1. The SMILES string of the molecule is COc1ccc(CN2CCCN(C(C)=O)CC2)cc1OCC(O)CN1CCCCC1. The van der Waals surface area contributed by atoms with Crippen LogP contribution in [-0.4, -0.2) is 91.3 Å². The zero-order valence-electron chi connectivity index (χ0n) is 18.5. The van der Waals surface area contributed by atoms with E-state index in [2.05, 4.69) is 15.9 Å². The molecule has 1 aromatic carbocycles. The molecular weight excluding hydrogens is 382 g/mol. The number of β-amino-alcohol motifs (C(OH)–C–C–N with tert-alkyl or cyclic N) is 1. The number of carbonyl (C=O) groups excluding carboxylic acids is 1. The van der Waals surface area contributed by atoms with Gasteiger partial charge in [-0.25, -0.2) is 0 Å². The fraction of sp³-hybridized carbons (Fsp3) is 0.696. The lowest BCUT2D eigenvalue weighted by atomic mass is 10.1. The Bertz CT molecular complexity index is 678. The summed E-state index contributed by atoms with van der Waals surface area (Å²) in [5, 5.41) is 10.4. The van der Waals surface area contributed by atoms with Gasteiger partial charge in [0, 0.05) is 46.2 Å². The number of benzene rings is 1. The Kier molecular flexibility index (Phi) is 8.78. The number of rotatable bonds is 8. The number of methoxy groups -OCH3 is 1. The summed E-state index contributed by atoms with van der Waals surface area (Å²) in [5.74, 6) is 1.51. The molecule has 1 amide bonds. The molecule has 0 aromatic heterocycles. The van der Waals surface area contributed by atoms with Crippen LogP contribution in [0.4, 0.5) is 0 Å². The number of amides is 1. The van der Waals surface area contributed by atoms with E-state index >= 15 is 0 Å². The Morgan fingerprint density at radius 3 is 2.50 bits per heavy atom. The van der Waals surface area contributed by atoms with Crippen LogP contribution in [0, 0.1) is 0 Å². The molecule has 0 saturated carbocycles. The number of hydrogen-bond acceptors (Lipinski definition) is 6. The first kappa shape index (κ1) is 22.8. The number of likely N-dealkylation sites (tertiary alicyclic amines) is 1. The van der Waals surface area contributed by atoms with Gasteiger partial charge in [-0.2, -0.15) is 0 Å². The molecule has 2 aliphatic rings. The smallest absolute Gasteiger partial charge is 0.219 e. The summed E-state index contributed by atoms with van der Waals surface area (Å²) in [4.78, 5) is 18.2. The predicted octanol–water partition coefficient (Wildman–Crippen LogP) is 1.97. The number of nitrogens with zero attached hydrogens (tertiary/aromatic N) is 3. The van der Waals surface area contributed by atoms with Crippen molar-refractivity contribution in [2.45, 2.75) is 45.3 Å². The minimum Gasteiger partial charge on any atom is -0.493 e. The van der Waals surface area contributed by atoms with Gasteiger partial charge in [-0.1, -0.05) is 12.5 Å². The van der Waals surface area contributed by atoms with Gasteiger partial charge in [0.1, 0.15) is 12.7 Å². The molecule has 1 N–H and O–H groups in total. The van der Waals surface area contributed by atoms with Crippen LogP contribution < -0.4 is 9.47 Å². The number of carbonyl (C=O) groups is 1. The van der Waals surface area contributed by atoms with Crippen molar-refractivity contribution in [1.82, 2.24) is 14.7 Å². The summed E-state index contributed by atoms with van der Waals surface area (Å²) < 4.78 is 11.4. The van der Waals surface area contributed by atoms with Crippen LogP contribution >= 0.6 is 0 Å². The van der Waals surface area contributed by atoms with E-state index in [1.54, 1.807) is 14.0 Å². The minimum atomic E-state index is -0.514. The van der Waals surface area contributed by atoms with Gasteiger partial charge < -0.3 is 24.4 Å². The second kappa shape index (κ2) is 11.5. The van der Waals surface area contributed by atoms with Crippen molar-refractivity contribution in [1.29, 1.82) is 0 Å². The highest BCUT2D eigenvalue weighted by Gasteiger charge is 2.18. The second-order valence-corrected chi connectivity index (χ2v) is 8.45. The minimum absolute atomic E-state index is 0.153. The number of aliphatic hydroxyl groups excluding tert-OH is 1. The maximum Gasteiger partial charge on any atom is 0.219 e. The van der Waals surface area contributed by atoms with Crippen LogP contribution in [-0.2, 0) is 11.3 Å². The Morgan fingerprint density at radius 2 is 1.77 bits per heavy atom. The largest absolute Gasteiger partial charge is 0.493 e. The van der Waals surface area contributed by atoms with Crippen molar-refractivity contribution in [3.8, 4) is 11.5 Å². The Balaban J connectivity index is 1.54. The molecule has 2 aliphatic heterocycles. The Morgan fingerprint density at radius 1 is 1.00 bits per heavy atom. The van der Waals surface area contributed by atoms with E-state index in [-0.39, 0.29) is 12.5 Å². The van der Waals surface area contributed by atoms with E-state index in [1.807, 2.05) is 17.0 Å². The molecule has 1 unspecified atom stereocenters. The third kappa shape index (κ3) is 6.86. The lowest BCUT2D eigenvalue weighted by molar-refractivity contribution is -0.128. The summed E-state index contributed by atoms with van der Waals surface area (Å²) in [7, 11) is 1.64. The van der Waals surface area contributed by atoms with Crippen LogP contribution in [0.15, 0.2) is 18.2 Å². The Labute approximate surface area is 180 Å². The number of hydrogen-bond donors (Lipinski definition) is 1. The molecule has 2 saturated heterocycles. The van der Waals surface area contributed by atoms with Gasteiger partial charge in [0.25, 0.3) is 0 Å². The van der Waals surface area contributed by atoms with Gasteiger partial charge >= 0.3 is 0 Å². The fourth-order valence-electron chi connectivity index (χ4n) is 4.31. The van der Waals surface area contributed by atoms with Crippen molar-refractivity contribution in [2.24, 2.45) is 0 Å². The van der Waals surface area contributed by atoms with E-state index in [9.17, 15) is 9.90 Å². The monoisotopic (exact) mass is 419 g/mol. The third-order valence-electron chi connectivity index (χ3n) is 6.02. The van der Waals surface area contributed by atoms with Crippen LogP contribution in [0.5, 0.6) is 11.5 Å². The summed E-state index contributed by atoms with van der Waals surface area (Å²) in [6, 6.07) is 6.00. The molecule has 7 heteroatoms. The zero-order valence-corrected chi connectivity index (χ0v) is 18.5. The molecule has 2 fully saturated rings. The molecular formula is C23H37N3O4. The number of aliphatic hydroxyl groups is 1. The van der Waals surface area contributed by atoms with Gasteiger partial charge in [0.15, 0.2) is 11.5 Å². The first-order valence-electron chi connectivity index (χ1n) is 11.2. The molecule has 1 atom stereocenters. The summed E-state index contributed by atoms with van der Waals surface area (Å²) >= 11 is 0. The van der Waals surface area contributed by atoms with E-state index < -0.39 is 6.10 Å². The second-order valence-electron chi connectivity index (χ2n) is 8.45. The molecule has 3 rings (SSSR count). The highest BCUT2D eigenvalue weighted by molar-refractivity contribution is 5.73. The maximum atomic E-state index is 11.6. The molecule has 0 bridgehead atoms. The van der Waals surface area contributed by atoms with Gasteiger partial charge in [0.2, 0.25) is 5.91 Å². The van der Waals surface area contributed by atoms with Crippen molar-refractivity contribution >= 4 is 5.91 Å². The van der Waals surface area contributed by atoms with Crippen LogP contribution in [0.3, 0.4) is 0 Å². The predicted molar refractivity (Wildman–Crippen MR) is 117 cm³/mol.